The first-order chi connectivity index (χ1) is 26.4. The van der Waals surface area contributed by atoms with E-state index in [1.807, 2.05) is 44.3 Å². The summed E-state index contributed by atoms with van der Waals surface area (Å²) in [4.78, 5) is 42.3. The fourth-order valence-corrected chi connectivity index (χ4v) is 9.59. The number of phenols is 1. The minimum absolute atomic E-state index is 0.0876. The first-order valence-electron chi connectivity index (χ1n) is 18.8. The Morgan fingerprint density at radius 1 is 1.04 bits per heavy atom. The number of nitrogens with two attached hydrogens (primary N) is 2. The molecule has 0 saturated carbocycles. The van der Waals surface area contributed by atoms with E-state index >= 15 is 0 Å². The Hall–Kier alpha value is -5.79. The molecule has 1 spiro atoms. The second-order valence-corrected chi connectivity index (χ2v) is 16.2. The SMILES string of the molecule is Cc1cc(=O)c2c(O)c3c(cc2o1)OC(C)(C)C1OC(=O)C2(OC2CCc2cc(N)nc(-c4cc(N)nc(C[NH+]5C=C6C=CN=C6C5)c4)c2)C2C=CC(C2)C31. The van der Waals surface area contributed by atoms with Gasteiger partial charge in [-0.3, -0.25) is 14.7 Å². The first-order valence-corrected chi connectivity index (χ1v) is 18.8. The van der Waals surface area contributed by atoms with Crippen molar-refractivity contribution in [3.63, 3.8) is 0 Å². The van der Waals surface area contributed by atoms with Gasteiger partial charge in [0.1, 0.15) is 76.6 Å². The van der Waals surface area contributed by atoms with E-state index in [1.54, 1.807) is 19.1 Å². The van der Waals surface area contributed by atoms with Crippen LogP contribution in [0.15, 0.2) is 86.8 Å². The van der Waals surface area contributed by atoms with Crippen molar-refractivity contribution < 1.29 is 33.4 Å². The smallest absolute Gasteiger partial charge is 0.342 e. The maximum Gasteiger partial charge on any atom is 0.342 e. The lowest BCUT2D eigenvalue weighted by atomic mass is 9.71. The van der Waals surface area contributed by atoms with Crippen LogP contribution < -0.4 is 26.5 Å². The lowest BCUT2D eigenvalue weighted by Crippen LogP contribution is -3.05. The molecule has 13 nitrogen and oxygen atoms in total. The number of aryl methyl sites for hydroxylation is 2. The summed E-state index contributed by atoms with van der Waals surface area (Å²) in [6.07, 6.45) is 10.8. The molecule has 3 aromatic heterocycles. The van der Waals surface area contributed by atoms with Gasteiger partial charge in [0.05, 0.1) is 23.1 Å². The van der Waals surface area contributed by atoms with Crippen molar-refractivity contribution in [2.24, 2.45) is 16.8 Å². The quantitative estimate of drug-likeness (QED) is 0.128. The summed E-state index contributed by atoms with van der Waals surface area (Å²) in [7, 11) is 0. The van der Waals surface area contributed by atoms with Crippen LogP contribution in [-0.4, -0.2) is 56.7 Å². The van der Waals surface area contributed by atoms with E-state index in [1.165, 1.54) is 11.0 Å². The number of nitrogen functional groups attached to an aromatic ring is 2. The minimum atomic E-state index is -1.14. The molecule has 4 aromatic rings. The third-order valence-electron chi connectivity index (χ3n) is 12.0. The van der Waals surface area contributed by atoms with Crippen LogP contribution in [0.1, 0.15) is 55.2 Å². The molecule has 280 valence electrons. The van der Waals surface area contributed by atoms with Crippen LogP contribution in [0, 0.1) is 18.8 Å². The number of quaternary nitrogens is 1. The van der Waals surface area contributed by atoms with Gasteiger partial charge in [-0.25, -0.2) is 14.8 Å². The molecule has 8 heterocycles. The Labute approximate surface area is 316 Å². The number of benzene rings is 1. The van der Waals surface area contributed by atoms with Gasteiger partial charge in [0.2, 0.25) is 0 Å². The maximum atomic E-state index is 14.3. The van der Waals surface area contributed by atoms with Crippen LogP contribution >= 0.6 is 0 Å². The van der Waals surface area contributed by atoms with Gasteiger partial charge in [-0.05, 0) is 81.9 Å². The van der Waals surface area contributed by atoms with Crippen LogP contribution in [-0.2, 0) is 27.2 Å². The number of ether oxygens (including phenoxy) is 3. The number of aromatic hydroxyl groups is 1. The molecule has 6 N–H and O–H groups in total. The number of hydrogen-bond donors (Lipinski definition) is 4. The molecule has 0 amide bonds. The number of aliphatic imine (C=N–C) groups is 1. The largest absolute Gasteiger partial charge is 0.507 e. The molecular formula is C42H41N6O7+. The van der Waals surface area contributed by atoms with E-state index in [9.17, 15) is 14.7 Å². The summed E-state index contributed by atoms with van der Waals surface area (Å²) < 4.78 is 25.0. The molecule has 2 saturated heterocycles. The zero-order chi connectivity index (χ0) is 38.0. The fraction of sp³-hybridized carbons (Fsp3) is 0.357. The maximum absolute atomic E-state index is 14.3. The van der Waals surface area contributed by atoms with Crippen LogP contribution in [0.25, 0.3) is 22.2 Å². The number of allylic oxidation sites excluding steroid dienone is 2. The van der Waals surface area contributed by atoms with Crippen molar-refractivity contribution in [1.82, 2.24) is 9.97 Å². The highest BCUT2D eigenvalue weighted by molar-refractivity contribution is 6.06. The monoisotopic (exact) mass is 741 g/mol. The van der Waals surface area contributed by atoms with Gasteiger partial charge in [0.15, 0.2) is 11.0 Å². The number of carbonyl (C=O) groups is 1. The van der Waals surface area contributed by atoms with Crippen LogP contribution in [0.3, 0.4) is 0 Å². The van der Waals surface area contributed by atoms with Gasteiger partial charge in [-0.1, -0.05) is 12.2 Å². The van der Waals surface area contributed by atoms with Gasteiger partial charge >= 0.3 is 5.97 Å². The lowest BCUT2D eigenvalue weighted by Gasteiger charge is -2.47. The number of pyridine rings is 2. The van der Waals surface area contributed by atoms with Gasteiger partial charge in [0, 0.05) is 41.3 Å². The average Bonchev–Trinajstić information content (AvgIpc) is 3.41. The molecule has 1 aliphatic carbocycles. The van der Waals surface area contributed by atoms with E-state index in [2.05, 4.69) is 33.3 Å². The molecular weight excluding hydrogens is 700 g/mol. The summed E-state index contributed by atoms with van der Waals surface area (Å²) in [5.41, 5.74) is 16.4. The second-order valence-electron chi connectivity index (χ2n) is 16.2. The number of epoxide rings is 1. The fourth-order valence-electron chi connectivity index (χ4n) is 9.59. The highest BCUT2D eigenvalue weighted by Gasteiger charge is 2.70. The molecule has 2 bridgehead atoms. The number of aromatic nitrogens is 2. The highest BCUT2D eigenvalue weighted by Crippen LogP contribution is 2.60. The number of esters is 1. The van der Waals surface area contributed by atoms with Gasteiger partial charge in [0.25, 0.3) is 0 Å². The van der Waals surface area contributed by atoms with Crippen LogP contribution in [0.5, 0.6) is 11.5 Å². The normalized spacial score (nSPS) is 29.2. The van der Waals surface area contributed by atoms with Crippen LogP contribution in [0.2, 0.25) is 0 Å². The van der Waals surface area contributed by atoms with Crippen molar-refractivity contribution in [3.8, 4) is 22.8 Å². The zero-order valence-corrected chi connectivity index (χ0v) is 30.7. The average molecular weight is 742 g/mol. The summed E-state index contributed by atoms with van der Waals surface area (Å²) >= 11 is 0. The molecule has 5 aliphatic heterocycles. The summed E-state index contributed by atoms with van der Waals surface area (Å²) in [5, 5.41) is 11.7. The molecule has 2 fully saturated rings. The van der Waals surface area contributed by atoms with Crippen molar-refractivity contribution in [2.45, 2.75) is 75.9 Å². The Bertz CT molecular complexity index is 2540. The van der Waals surface area contributed by atoms with E-state index in [-0.39, 0.29) is 40.1 Å². The Morgan fingerprint density at radius 3 is 2.71 bits per heavy atom. The number of fused-ring (bicyclic) bond motifs is 9. The van der Waals surface area contributed by atoms with E-state index < -0.39 is 29.2 Å². The molecule has 10 rings (SSSR count). The lowest BCUT2D eigenvalue weighted by molar-refractivity contribution is -0.848. The topological polar surface area (TPSA) is 193 Å². The molecule has 6 aliphatic rings. The Morgan fingerprint density at radius 2 is 1.87 bits per heavy atom. The Balaban J connectivity index is 0.891. The van der Waals surface area contributed by atoms with Crippen molar-refractivity contribution in [2.75, 3.05) is 18.0 Å². The predicted octanol–water partition coefficient (Wildman–Crippen LogP) is 3.82. The molecule has 7 atom stereocenters. The zero-order valence-electron chi connectivity index (χ0n) is 30.7. The first kappa shape index (κ1) is 33.8. The van der Waals surface area contributed by atoms with E-state index in [0.717, 1.165) is 34.7 Å². The molecule has 13 heteroatoms. The van der Waals surface area contributed by atoms with Crippen molar-refractivity contribution in [3.05, 3.63) is 105 Å². The van der Waals surface area contributed by atoms with Gasteiger partial charge in [-0.2, -0.15) is 0 Å². The predicted molar refractivity (Wildman–Crippen MR) is 203 cm³/mol. The summed E-state index contributed by atoms with van der Waals surface area (Å²) in [6, 6.07) is 10.7. The second kappa shape index (κ2) is 11.9. The van der Waals surface area contributed by atoms with Crippen molar-refractivity contribution >= 4 is 34.3 Å². The highest BCUT2D eigenvalue weighted by atomic mass is 16.7. The minimum Gasteiger partial charge on any atom is -0.507 e. The number of rotatable bonds is 6. The molecule has 0 radical (unpaired) electrons. The third-order valence-corrected chi connectivity index (χ3v) is 12.0. The molecule has 55 heavy (non-hydrogen) atoms. The molecule has 7 unspecified atom stereocenters. The summed E-state index contributed by atoms with van der Waals surface area (Å²) in [5.74, 6) is 0.190. The van der Waals surface area contributed by atoms with Gasteiger partial charge < -0.3 is 35.2 Å². The van der Waals surface area contributed by atoms with E-state index in [4.69, 9.17) is 30.1 Å². The number of nitrogens with one attached hydrogen (secondary N) is 1. The van der Waals surface area contributed by atoms with E-state index in [0.29, 0.717) is 60.2 Å². The third kappa shape index (κ3) is 5.39. The number of anilines is 2. The number of hydrogen-bond acceptors (Lipinski definition) is 12. The number of carbonyl (C=O) groups excluding carboxylic acids is 1. The Kier molecular flexibility index (Phi) is 7.27. The van der Waals surface area contributed by atoms with Crippen molar-refractivity contribution in [1.29, 1.82) is 0 Å². The van der Waals surface area contributed by atoms with Gasteiger partial charge in [-0.15, -0.1) is 0 Å². The molecule has 1 aromatic carbocycles. The number of phenolic OH excluding ortho intramolecular Hbond substituents is 1. The number of nitrogens with zero attached hydrogens (tertiary/aromatic N) is 3. The standard InChI is InChI=1S/C42H40N6O7/c1-20-10-29(49)36-30(52-20)16-31-37(38(36)50)35-22-5-6-25(13-22)42(40(51)53-39(35)41(2,3)54-31)32(55-42)7-4-21-11-27(47-33(43)12-21)24-14-26(46-34(44)15-24)18-48-17-23-8-9-45-28(23)19-48/h5-6,8-12,14-17,22,25,32,35,39,50H,4,7,13,18-19H2,1-3H3,(H2,43,47)(H2,44,46)/p+1. The summed E-state index contributed by atoms with van der Waals surface area (Å²) in [6.45, 7) is 6.88. The van der Waals surface area contributed by atoms with Crippen LogP contribution in [0.4, 0.5) is 11.6 Å².